The summed E-state index contributed by atoms with van der Waals surface area (Å²) in [4.78, 5) is 36.7. The van der Waals surface area contributed by atoms with E-state index in [1.807, 2.05) is 0 Å². The molecule has 0 fully saturated rings. The molecule has 0 aliphatic rings. The Kier molecular flexibility index (Phi) is 33.0. The molecule has 0 rings (SSSR count). The molecule has 8 nitrogen and oxygen atoms in total. The van der Waals surface area contributed by atoms with E-state index in [1.165, 1.54) is 70.6 Å². The summed E-state index contributed by atoms with van der Waals surface area (Å²) >= 11 is 0. The molecule has 0 aromatic heterocycles. The van der Waals surface area contributed by atoms with Crippen LogP contribution in [0, 0.1) is 0 Å². The highest BCUT2D eigenvalue weighted by molar-refractivity contribution is 5.70. The molecule has 0 saturated heterocycles. The van der Waals surface area contributed by atoms with Gasteiger partial charge in [0.1, 0.15) is 12.6 Å². The average molecular weight is 720 g/mol. The van der Waals surface area contributed by atoms with Gasteiger partial charge in [-0.3, -0.25) is 9.59 Å². The summed E-state index contributed by atoms with van der Waals surface area (Å²) in [7, 11) is 5.40. The van der Waals surface area contributed by atoms with Crippen LogP contribution in [0.2, 0.25) is 0 Å². The Morgan fingerprint density at radius 1 is 0.608 bits per heavy atom. The molecule has 0 aliphatic heterocycles. The number of carbonyl (C=O) groups excluding carboxylic acids is 3. The van der Waals surface area contributed by atoms with Gasteiger partial charge in [0, 0.05) is 19.3 Å². The Labute approximate surface area is 313 Å². The van der Waals surface area contributed by atoms with Gasteiger partial charge in [0.25, 0.3) is 0 Å². The highest BCUT2D eigenvalue weighted by atomic mass is 16.6. The number of quaternary nitrogens is 1. The monoisotopic (exact) mass is 720 g/mol. The van der Waals surface area contributed by atoms with E-state index in [0.717, 1.165) is 64.2 Å². The van der Waals surface area contributed by atoms with Gasteiger partial charge >= 0.3 is 11.9 Å². The molecule has 0 aromatic rings. The third-order valence-corrected chi connectivity index (χ3v) is 9.04. The lowest BCUT2D eigenvalue weighted by Gasteiger charge is -2.34. The molecule has 51 heavy (non-hydrogen) atoms. The van der Waals surface area contributed by atoms with Crippen LogP contribution >= 0.6 is 0 Å². The molecule has 0 aromatic carbocycles. The van der Waals surface area contributed by atoms with Crippen LogP contribution in [0.3, 0.4) is 0 Å². The molecule has 0 spiro atoms. The smallest absolute Gasteiger partial charge is 0.306 e. The number of allylic oxidation sites excluding steroid dienone is 6. The topological polar surface area (TPSA) is 102 Å². The van der Waals surface area contributed by atoms with Crippen LogP contribution in [0.5, 0.6) is 0 Å². The fourth-order valence-corrected chi connectivity index (χ4v) is 5.85. The van der Waals surface area contributed by atoms with Crippen molar-refractivity contribution in [2.45, 2.75) is 180 Å². The van der Waals surface area contributed by atoms with E-state index in [1.54, 1.807) is 21.1 Å². The number of likely N-dealkylation sites (N-methyl/N-ethyl adjacent to an activating group) is 1. The third-order valence-electron chi connectivity index (χ3n) is 9.04. The van der Waals surface area contributed by atoms with Crippen LogP contribution in [-0.4, -0.2) is 75.5 Å². The number of rotatable bonds is 36. The summed E-state index contributed by atoms with van der Waals surface area (Å²) in [6.07, 6.45) is 37.3. The molecule has 0 heterocycles. The molecule has 8 heteroatoms. The van der Waals surface area contributed by atoms with Crippen LogP contribution in [0.1, 0.15) is 168 Å². The maximum absolute atomic E-state index is 12.7. The molecule has 2 unspecified atom stereocenters. The summed E-state index contributed by atoms with van der Waals surface area (Å²) in [5.74, 6) is -1.75. The second kappa shape index (κ2) is 34.6. The zero-order valence-corrected chi connectivity index (χ0v) is 33.5. The molecule has 0 aliphatic carbocycles. The fraction of sp³-hybridized carbons (Fsp3) is 0.791. The largest absolute Gasteiger partial charge is 0.544 e. The predicted molar refractivity (Wildman–Crippen MR) is 208 cm³/mol. The van der Waals surface area contributed by atoms with E-state index in [4.69, 9.17) is 14.2 Å². The van der Waals surface area contributed by atoms with Gasteiger partial charge in [0.15, 0.2) is 6.10 Å². The number of esters is 2. The number of hydrogen-bond acceptors (Lipinski definition) is 7. The first-order chi connectivity index (χ1) is 24.6. The Hall–Kier alpha value is -2.45. The summed E-state index contributed by atoms with van der Waals surface area (Å²) in [5, 5.41) is 11.6. The van der Waals surface area contributed by atoms with E-state index in [9.17, 15) is 19.5 Å². The maximum Gasteiger partial charge on any atom is 0.306 e. The number of carboxylic acids is 1. The molecule has 2 atom stereocenters. The second-order valence-electron chi connectivity index (χ2n) is 14.8. The van der Waals surface area contributed by atoms with E-state index < -0.39 is 18.1 Å². The average Bonchev–Trinajstić information content (AvgIpc) is 3.08. The molecular weight excluding hydrogens is 642 g/mol. The van der Waals surface area contributed by atoms with Crippen LogP contribution in [0.15, 0.2) is 36.5 Å². The highest BCUT2D eigenvalue weighted by Gasteiger charge is 2.25. The second-order valence-corrected chi connectivity index (χ2v) is 14.8. The van der Waals surface area contributed by atoms with Gasteiger partial charge in [-0.1, -0.05) is 140 Å². The minimum atomic E-state index is -1.13. The lowest BCUT2D eigenvalue weighted by atomic mass is 10.1. The molecule has 0 N–H and O–H groups in total. The van der Waals surface area contributed by atoms with E-state index >= 15 is 0 Å². The Morgan fingerprint density at radius 2 is 1.10 bits per heavy atom. The molecule has 0 radical (unpaired) electrons. The first kappa shape index (κ1) is 48.5. The van der Waals surface area contributed by atoms with Gasteiger partial charge in [0.2, 0.25) is 0 Å². The fourth-order valence-electron chi connectivity index (χ4n) is 5.85. The predicted octanol–water partition coefficient (Wildman–Crippen LogP) is 9.35. The SMILES string of the molecule is CC/C=C\C/C=C\C/C=C\CCCCCCCCCC(=O)OC(COCCC(C(=O)[O-])[N+](C)(C)C)COC(=O)CCCCCCCCCCCC. The standard InChI is InChI=1S/C43H77NO7/c1-6-8-10-12-14-16-18-19-20-21-22-23-24-26-28-30-32-34-42(46)51-39(37-49-36-35-40(43(47)48)44(3,4)5)38-50-41(45)33-31-29-27-25-17-15-13-11-9-7-2/h8,10,14,16,19-20,39-40H,6-7,9,11-13,15,17-18,21-38H2,1-5H3/b10-8-,16-14-,20-19-. The molecule has 0 bridgehead atoms. The van der Waals surface area contributed by atoms with Crippen LogP contribution in [-0.2, 0) is 28.6 Å². The highest BCUT2D eigenvalue weighted by Crippen LogP contribution is 2.14. The minimum Gasteiger partial charge on any atom is -0.544 e. The Morgan fingerprint density at radius 3 is 1.63 bits per heavy atom. The first-order valence-electron chi connectivity index (χ1n) is 20.5. The summed E-state index contributed by atoms with van der Waals surface area (Å²) in [5.41, 5.74) is 0. The minimum absolute atomic E-state index is 0.0384. The summed E-state index contributed by atoms with van der Waals surface area (Å²) in [6.45, 7) is 4.52. The normalized spacial score (nSPS) is 13.4. The maximum atomic E-state index is 12.7. The molecule has 0 amide bonds. The quantitative estimate of drug-likeness (QED) is 0.0275. The number of aliphatic carboxylic acids is 1. The van der Waals surface area contributed by atoms with E-state index in [0.29, 0.717) is 12.8 Å². The van der Waals surface area contributed by atoms with E-state index in [-0.39, 0.29) is 42.7 Å². The van der Waals surface area contributed by atoms with Crippen molar-refractivity contribution in [2.24, 2.45) is 0 Å². The summed E-state index contributed by atoms with van der Waals surface area (Å²) < 4.78 is 17.1. The third kappa shape index (κ3) is 33.2. The molecular formula is C43H77NO7. The van der Waals surface area contributed by atoms with Crippen LogP contribution in [0.25, 0.3) is 0 Å². The van der Waals surface area contributed by atoms with Gasteiger partial charge in [0.05, 0.1) is 40.3 Å². The number of nitrogens with zero attached hydrogens (tertiary/aromatic N) is 1. The lowest BCUT2D eigenvalue weighted by Crippen LogP contribution is -2.55. The number of carboxylic acid groups (broad SMARTS) is 1. The van der Waals surface area contributed by atoms with Crippen molar-refractivity contribution in [3.63, 3.8) is 0 Å². The van der Waals surface area contributed by atoms with Crippen molar-refractivity contribution >= 4 is 17.9 Å². The van der Waals surface area contributed by atoms with Crippen molar-refractivity contribution in [3.8, 4) is 0 Å². The van der Waals surface area contributed by atoms with Gasteiger partial charge in [-0.15, -0.1) is 0 Å². The number of carbonyl (C=O) groups is 3. The molecule has 296 valence electrons. The first-order valence-corrected chi connectivity index (χ1v) is 20.5. The van der Waals surface area contributed by atoms with Gasteiger partial charge in [-0.05, 0) is 44.9 Å². The lowest BCUT2D eigenvalue weighted by molar-refractivity contribution is -0.889. The number of hydrogen-bond donors (Lipinski definition) is 0. The Balaban J connectivity index is 4.37. The van der Waals surface area contributed by atoms with Crippen molar-refractivity contribution in [1.29, 1.82) is 0 Å². The van der Waals surface area contributed by atoms with Crippen LogP contribution in [0.4, 0.5) is 0 Å². The van der Waals surface area contributed by atoms with E-state index in [2.05, 4.69) is 50.3 Å². The zero-order valence-electron chi connectivity index (χ0n) is 33.5. The number of unbranched alkanes of at least 4 members (excludes halogenated alkanes) is 16. The van der Waals surface area contributed by atoms with Gasteiger partial charge < -0.3 is 28.6 Å². The van der Waals surface area contributed by atoms with Crippen LogP contribution < -0.4 is 5.11 Å². The van der Waals surface area contributed by atoms with Gasteiger partial charge in [-0.25, -0.2) is 0 Å². The summed E-state index contributed by atoms with van der Waals surface area (Å²) in [6, 6.07) is -0.725. The van der Waals surface area contributed by atoms with Crippen molar-refractivity contribution in [2.75, 3.05) is 41.0 Å². The number of ether oxygens (including phenoxy) is 3. The molecule has 0 saturated carbocycles. The van der Waals surface area contributed by atoms with Crippen molar-refractivity contribution in [1.82, 2.24) is 0 Å². The van der Waals surface area contributed by atoms with Crippen molar-refractivity contribution < 1.29 is 38.2 Å². The Bertz CT molecular complexity index is 937. The van der Waals surface area contributed by atoms with Crippen molar-refractivity contribution in [3.05, 3.63) is 36.5 Å². The van der Waals surface area contributed by atoms with Gasteiger partial charge in [-0.2, -0.15) is 0 Å². The zero-order chi connectivity index (χ0) is 37.8.